The number of nitrogens with zero attached hydrogens (tertiary/aromatic N) is 3. The smallest absolute Gasteiger partial charge is 0.160 e. The average Bonchev–Trinajstić information content (AvgIpc) is 3.15. The highest BCUT2D eigenvalue weighted by molar-refractivity contribution is 7.99. The van der Waals surface area contributed by atoms with Crippen LogP contribution in [0.1, 0.15) is 37.5 Å². The number of thioether (sulfide) groups is 1. The lowest BCUT2D eigenvalue weighted by atomic mass is 10.1. The van der Waals surface area contributed by atoms with Crippen LogP contribution in [0.15, 0.2) is 18.3 Å². The predicted octanol–water partition coefficient (Wildman–Crippen LogP) is 3.22. The molecule has 2 aliphatic rings. The van der Waals surface area contributed by atoms with Crippen molar-refractivity contribution in [1.29, 1.82) is 0 Å². The maximum absolute atomic E-state index is 5.82. The van der Waals surface area contributed by atoms with Gasteiger partial charge in [0.1, 0.15) is 11.3 Å². The summed E-state index contributed by atoms with van der Waals surface area (Å²) in [7, 11) is 0. The summed E-state index contributed by atoms with van der Waals surface area (Å²) in [5, 5.41) is 0. The third-order valence-electron chi connectivity index (χ3n) is 4.51. The summed E-state index contributed by atoms with van der Waals surface area (Å²) in [6.07, 6.45) is 7.96. The summed E-state index contributed by atoms with van der Waals surface area (Å²) in [5.74, 6) is 3.67. The average molecular weight is 303 g/mol. The minimum Gasteiger partial charge on any atom is -0.378 e. The van der Waals surface area contributed by atoms with Crippen molar-refractivity contribution in [3.63, 3.8) is 0 Å². The Labute approximate surface area is 129 Å². The first-order valence-corrected chi connectivity index (χ1v) is 9.08. The number of hydrogen-bond donors (Lipinski definition) is 0. The maximum atomic E-state index is 5.82. The van der Waals surface area contributed by atoms with E-state index in [0.29, 0.717) is 12.1 Å². The first-order chi connectivity index (χ1) is 10.4. The van der Waals surface area contributed by atoms with Crippen LogP contribution in [-0.2, 0) is 11.2 Å². The summed E-state index contributed by atoms with van der Waals surface area (Å²) in [6.45, 7) is 0.906. The zero-order chi connectivity index (χ0) is 14.1. The van der Waals surface area contributed by atoms with Gasteiger partial charge in [-0.1, -0.05) is 0 Å². The topological polar surface area (TPSA) is 39.9 Å². The molecule has 1 unspecified atom stereocenters. The van der Waals surface area contributed by atoms with Crippen LogP contribution in [0.3, 0.4) is 0 Å². The molecule has 0 saturated carbocycles. The van der Waals surface area contributed by atoms with Crippen LogP contribution in [0.2, 0.25) is 0 Å². The summed E-state index contributed by atoms with van der Waals surface area (Å²) < 4.78 is 8.23. The SMILES string of the molecule is c1cnc2c(c1)nc(CC1CCCO1)n2C1CCSCC1. The molecular formula is C16H21N3OS. The van der Waals surface area contributed by atoms with Crippen molar-refractivity contribution in [3.8, 4) is 0 Å². The molecule has 0 radical (unpaired) electrons. The van der Waals surface area contributed by atoms with Crippen molar-refractivity contribution < 1.29 is 4.74 Å². The van der Waals surface area contributed by atoms with E-state index in [9.17, 15) is 0 Å². The van der Waals surface area contributed by atoms with Crippen molar-refractivity contribution >= 4 is 22.9 Å². The van der Waals surface area contributed by atoms with Gasteiger partial charge in [-0.05, 0) is 49.3 Å². The molecule has 0 aromatic carbocycles. The minimum absolute atomic E-state index is 0.346. The number of aromatic nitrogens is 3. The van der Waals surface area contributed by atoms with Gasteiger partial charge in [0.25, 0.3) is 0 Å². The van der Waals surface area contributed by atoms with E-state index in [4.69, 9.17) is 9.72 Å². The highest BCUT2D eigenvalue weighted by Crippen LogP contribution is 2.32. The molecule has 2 fully saturated rings. The molecule has 4 nitrogen and oxygen atoms in total. The summed E-state index contributed by atoms with van der Waals surface area (Å²) in [5.41, 5.74) is 2.09. The second-order valence-corrected chi connectivity index (χ2v) is 7.15. The molecule has 0 amide bonds. The van der Waals surface area contributed by atoms with E-state index in [2.05, 4.69) is 27.4 Å². The molecule has 1 atom stereocenters. The molecule has 112 valence electrons. The fraction of sp³-hybridized carbons (Fsp3) is 0.625. The van der Waals surface area contributed by atoms with Crippen LogP contribution in [0, 0.1) is 0 Å². The fourth-order valence-corrected chi connectivity index (χ4v) is 4.54. The molecule has 0 aliphatic carbocycles. The van der Waals surface area contributed by atoms with E-state index in [1.54, 1.807) is 0 Å². The Balaban J connectivity index is 1.72. The standard InChI is InChI=1S/C16H21N3OS/c1-4-14-16(17-7-1)19(12-5-9-21-10-6-12)15(18-14)11-13-3-2-8-20-13/h1,4,7,12-13H,2-3,5-6,8-11H2. The third-order valence-corrected chi connectivity index (χ3v) is 5.56. The Kier molecular flexibility index (Phi) is 3.86. The Morgan fingerprint density at radius 2 is 2.19 bits per heavy atom. The Bertz CT molecular complexity index is 615. The fourth-order valence-electron chi connectivity index (χ4n) is 3.46. The van der Waals surface area contributed by atoms with Crippen molar-refractivity contribution in [1.82, 2.24) is 14.5 Å². The number of pyridine rings is 1. The first-order valence-electron chi connectivity index (χ1n) is 7.93. The molecule has 0 N–H and O–H groups in total. The van der Waals surface area contributed by atoms with Crippen molar-refractivity contribution in [3.05, 3.63) is 24.2 Å². The lowest BCUT2D eigenvalue weighted by Crippen LogP contribution is -2.20. The van der Waals surface area contributed by atoms with E-state index in [1.165, 1.54) is 36.6 Å². The van der Waals surface area contributed by atoms with E-state index in [0.717, 1.165) is 30.6 Å². The molecule has 4 rings (SSSR count). The molecule has 2 aromatic rings. The van der Waals surface area contributed by atoms with Gasteiger partial charge in [0.2, 0.25) is 0 Å². The van der Waals surface area contributed by atoms with Gasteiger partial charge in [-0.15, -0.1) is 0 Å². The quantitative estimate of drug-likeness (QED) is 0.873. The number of hydrogen-bond acceptors (Lipinski definition) is 4. The Hall–Kier alpha value is -1.07. The highest BCUT2D eigenvalue weighted by Gasteiger charge is 2.25. The molecule has 0 bridgehead atoms. The number of ether oxygens (including phenoxy) is 1. The van der Waals surface area contributed by atoms with E-state index in [1.807, 2.05) is 12.3 Å². The van der Waals surface area contributed by atoms with Crippen LogP contribution in [0.4, 0.5) is 0 Å². The number of fused-ring (bicyclic) bond motifs is 1. The van der Waals surface area contributed by atoms with Gasteiger partial charge in [-0.25, -0.2) is 9.97 Å². The summed E-state index contributed by atoms with van der Waals surface area (Å²) in [4.78, 5) is 9.47. The monoisotopic (exact) mass is 303 g/mol. The molecule has 21 heavy (non-hydrogen) atoms. The van der Waals surface area contributed by atoms with E-state index >= 15 is 0 Å². The number of imidazole rings is 1. The normalized spacial score (nSPS) is 23.9. The lowest BCUT2D eigenvalue weighted by Gasteiger charge is -2.25. The number of rotatable bonds is 3. The summed E-state index contributed by atoms with van der Waals surface area (Å²) >= 11 is 2.06. The highest BCUT2D eigenvalue weighted by atomic mass is 32.2. The molecule has 5 heteroatoms. The van der Waals surface area contributed by atoms with E-state index in [-0.39, 0.29) is 0 Å². The van der Waals surface area contributed by atoms with Gasteiger partial charge in [0, 0.05) is 25.3 Å². The zero-order valence-corrected chi connectivity index (χ0v) is 13.0. The Morgan fingerprint density at radius 1 is 1.29 bits per heavy atom. The van der Waals surface area contributed by atoms with Crippen LogP contribution in [0.5, 0.6) is 0 Å². The van der Waals surface area contributed by atoms with Gasteiger partial charge in [0.05, 0.1) is 6.10 Å². The molecule has 2 aromatic heterocycles. The maximum Gasteiger partial charge on any atom is 0.160 e. The summed E-state index contributed by atoms with van der Waals surface area (Å²) in [6, 6.07) is 4.62. The molecule has 2 aliphatic heterocycles. The van der Waals surface area contributed by atoms with Gasteiger partial charge in [0.15, 0.2) is 5.65 Å². The van der Waals surface area contributed by atoms with Crippen molar-refractivity contribution in [2.24, 2.45) is 0 Å². The van der Waals surface area contributed by atoms with Crippen LogP contribution < -0.4 is 0 Å². The largest absolute Gasteiger partial charge is 0.378 e. The van der Waals surface area contributed by atoms with Crippen molar-refractivity contribution in [2.45, 2.75) is 44.2 Å². The van der Waals surface area contributed by atoms with Gasteiger partial charge < -0.3 is 9.30 Å². The van der Waals surface area contributed by atoms with Crippen LogP contribution in [0.25, 0.3) is 11.2 Å². The predicted molar refractivity (Wildman–Crippen MR) is 85.8 cm³/mol. The van der Waals surface area contributed by atoms with Gasteiger partial charge in [-0.3, -0.25) is 0 Å². The minimum atomic E-state index is 0.346. The first kappa shape index (κ1) is 13.6. The lowest BCUT2D eigenvalue weighted by molar-refractivity contribution is 0.109. The molecular weight excluding hydrogens is 282 g/mol. The van der Waals surface area contributed by atoms with Gasteiger partial charge >= 0.3 is 0 Å². The Morgan fingerprint density at radius 3 is 3.00 bits per heavy atom. The molecule has 2 saturated heterocycles. The molecule has 0 spiro atoms. The van der Waals surface area contributed by atoms with Crippen LogP contribution in [-0.4, -0.2) is 38.8 Å². The van der Waals surface area contributed by atoms with E-state index < -0.39 is 0 Å². The van der Waals surface area contributed by atoms with Crippen LogP contribution >= 0.6 is 11.8 Å². The third kappa shape index (κ3) is 2.69. The van der Waals surface area contributed by atoms with Gasteiger partial charge in [-0.2, -0.15) is 11.8 Å². The molecule has 4 heterocycles. The zero-order valence-electron chi connectivity index (χ0n) is 12.2. The second-order valence-electron chi connectivity index (χ2n) is 5.93. The second kappa shape index (κ2) is 5.97. The van der Waals surface area contributed by atoms with Crippen molar-refractivity contribution in [2.75, 3.05) is 18.1 Å².